The SMILES string of the molecule is Cc1nn(-c2ccccc2)c2sc(C(=O)NC(C)Cc3cccs3)cc12. The summed E-state index contributed by atoms with van der Waals surface area (Å²) in [6.07, 6.45) is 0.852. The smallest absolute Gasteiger partial charge is 0.261 e. The summed E-state index contributed by atoms with van der Waals surface area (Å²) in [6.45, 7) is 4.03. The molecular weight excluding hydrogens is 362 g/mol. The second-order valence-electron chi connectivity index (χ2n) is 6.32. The van der Waals surface area contributed by atoms with E-state index in [-0.39, 0.29) is 11.9 Å². The number of carbonyl (C=O) groups excluding carboxylic acids is 1. The van der Waals surface area contributed by atoms with E-state index in [0.717, 1.165) is 32.9 Å². The Bertz CT molecular complexity index is 1030. The average molecular weight is 382 g/mol. The number of hydrogen-bond acceptors (Lipinski definition) is 4. The van der Waals surface area contributed by atoms with Crippen LogP contribution < -0.4 is 5.32 Å². The fourth-order valence-corrected chi connectivity index (χ4v) is 4.90. The zero-order chi connectivity index (χ0) is 18.1. The lowest BCUT2D eigenvalue weighted by Gasteiger charge is -2.11. The van der Waals surface area contributed by atoms with Crippen LogP contribution in [0.4, 0.5) is 0 Å². The molecule has 3 aromatic heterocycles. The standard InChI is InChI=1S/C20H19N3OS2/c1-13(11-16-9-6-10-25-16)21-19(24)18-12-17-14(2)22-23(20(17)26-18)15-7-4-3-5-8-15/h3-10,12-13H,11H2,1-2H3,(H,21,24). The second kappa shape index (κ2) is 7.05. The van der Waals surface area contributed by atoms with E-state index in [4.69, 9.17) is 0 Å². The minimum absolute atomic E-state index is 0.0192. The van der Waals surface area contributed by atoms with E-state index >= 15 is 0 Å². The molecule has 0 aliphatic carbocycles. The first-order chi connectivity index (χ1) is 12.6. The van der Waals surface area contributed by atoms with Gasteiger partial charge in [-0.05, 0) is 43.5 Å². The predicted octanol–water partition coefficient (Wildman–Crippen LogP) is 4.82. The van der Waals surface area contributed by atoms with Crippen LogP contribution in [-0.4, -0.2) is 21.7 Å². The normalized spacial score (nSPS) is 12.4. The Kier molecular flexibility index (Phi) is 4.61. The number of carbonyl (C=O) groups is 1. The van der Waals surface area contributed by atoms with Gasteiger partial charge < -0.3 is 5.32 Å². The molecule has 4 aromatic rings. The lowest BCUT2D eigenvalue weighted by molar-refractivity contribution is 0.0944. The molecule has 0 saturated heterocycles. The van der Waals surface area contributed by atoms with E-state index in [0.29, 0.717) is 0 Å². The van der Waals surface area contributed by atoms with Gasteiger partial charge in [-0.3, -0.25) is 4.79 Å². The van der Waals surface area contributed by atoms with Crippen LogP contribution in [0.2, 0.25) is 0 Å². The molecule has 0 fully saturated rings. The van der Waals surface area contributed by atoms with Crippen molar-refractivity contribution in [1.29, 1.82) is 0 Å². The number of thiophene rings is 2. The van der Waals surface area contributed by atoms with Crippen LogP contribution in [0.15, 0.2) is 53.9 Å². The Hall–Kier alpha value is -2.44. The molecule has 0 aliphatic rings. The Morgan fingerprint density at radius 3 is 2.77 bits per heavy atom. The molecule has 132 valence electrons. The van der Waals surface area contributed by atoms with Crippen molar-refractivity contribution < 1.29 is 4.79 Å². The van der Waals surface area contributed by atoms with Crippen LogP contribution in [0.3, 0.4) is 0 Å². The lowest BCUT2D eigenvalue weighted by Crippen LogP contribution is -2.33. The maximum Gasteiger partial charge on any atom is 0.261 e. The number of para-hydroxylation sites is 1. The minimum Gasteiger partial charge on any atom is -0.349 e. The third-order valence-corrected chi connectivity index (χ3v) is 6.24. The number of amides is 1. The van der Waals surface area contributed by atoms with E-state index in [9.17, 15) is 4.79 Å². The van der Waals surface area contributed by atoms with Crippen molar-refractivity contribution in [1.82, 2.24) is 15.1 Å². The van der Waals surface area contributed by atoms with Gasteiger partial charge in [-0.1, -0.05) is 24.3 Å². The Morgan fingerprint density at radius 2 is 2.04 bits per heavy atom. The molecule has 0 bridgehead atoms. The van der Waals surface area contributed by atoms with Gasteiger partial charge in [-0.2, -0.15) is 5.10 Å². The van der Waals surface area contributed by atoms with Gasteiger partial charge in [0, 0.05) is 22.7 Å². The first-order valence-corrected chi connectivity index (χ1v) is 10.2. The van der Waals surface area contributed by atoms with Gasteiger partial charge in [0.2, 0.25) is 0 Å². The highest BCUT2D eigenvalue weighted by Gasteiger charge is 2.18. The van der Waals surface area contributed by atoms with Crippen LogP contribution in [0.5, 0.6) is 0 Å². The number of aryl methyl sites for hydroxylation is 1. The van der Waals surface area contributed by atoms with Gasteiger partial charge in [0.25, 0.3) is 5.91 Å². The van der Waals surface area contributed by atoms with Crippen LogP contribution in [0.25, 0.3) is 15.9 Å². The van der Waals surface area contributed by atoms with Crippen molar-refractivity contribution in [3.05, 3.63) is 69.4 Å². The third-order valence-electron chi connectivity index (χ3n) is 4.23. The molecule has 4 nitrogen and oxygen atoms in total. The lowest BCUT2D eigenvalue weighted by atomic mass is 10.2. The summed E-state index contributed by atoms with van der Waals surface area (Å²) in [4.78, 5) is 15.7. The molecule has 1 N–H and O–H groups in total. The highest BCUT2D eigenvalue weighted by atomic mass is 32.1. The molecule has 6 heteroatoms. The first kappa shape index (κ1) is 17.0. The molecule has 0 radical (unpaired) electrons. The Labute approximate surface area is 160 Å². The van der Waals surface area contributed by atoms with Gasteiger partial charge in [-0.15, -0.1) is 22.7 Å². The Morgan fingerprint density at radius 1 is 1.23 bits per heavy atom. The molecule has 0 saturated carbocycles. The summed E-state index contributed by atoms with van der Waals surface area (Å²) in [7, 11) is 0. The van der Waals surface area contributed by atoms with Gasteiger partial charge in [-0.25, -0.2) is 4.68 Å². The number of benzene rings is 1. The van der Waals surface area contributed by atoms with Gasteiger partial charge >= 0.3 is 0 Å². The molecule has 4 rings (SSSR count). The third kappa shape index (κ3) is 3.30. The molecule has 1 unspecified atom stereocenters. The number of nitrogens with zero attached hydrogens (tertiary/aromatic N) is 2. The van der Waals surface area contributed by atoms with Crippen molar-refractivity contribution in [3.8, 4) is 5.69 Å². The highest BCUT2D eigenvalue weighted by molar-refractivity contribution is 7.20. The van der Waals surface area contributed by atoms with E-state index in [1.54, 1.807) is 11.3 Å². The minimum atomic E-state index is -0.0192. The summed E-state index contributed by atoms with van der Waals surface area (Å²) in [6, 6.07) is 16.2. The number of nitrogens with one attached hydrogen (secondary N) is 1. The molecule has 3 heterocycles. The van der Waals surface area contributed by atoms with Crippen molar-refractivity contribution >= 4 is 38.8 Å². The van der Waals surface area contributed by atoms with Crippen molar-refractivity contribution in [3.63, 3.8) is 0 Å². The van der Waals surface area contributed by atoms with Gasteiger partial charge in [0.15, 0.2) is 0 Å². The van der Waals surface area contributed by atoms with E-state index in [1.807, 2.05) is 61.0 Å². The summed E-state index contributed by atoms with van der Waals surface area (Å²) in [5.41, 5.74) is 1.94. The van der Waals surface area contributed by atoms with Gasteiger partial charge in [0.1, 0.15) is 4.83 Å². The largest absolute Gasteiger partial charge is 0.349 e. The molecule has 0 spiro atoms. The van der Waals surface area contributed by atoms with Crippen LogP contribution >= 0.6 is 22.7 Å². The van der Waals surface area contributed by atoms with E-state index in [1.165, 1.54) is 16.2 Å². The zero-order valence-corrected chi connectivity index (χ0v) is 16.2. The molecule has 1 amide bonds. The van der Waals surface area contributed by atoms with Gasteiger partial charge in [0.05, 0.1) is 16.3 Å². The molecule has 0 aliphatic heterocycles. The highest BCUT2D eigenvalue weighted by Crippen LogP contribution is 2.30. The fraction of sp³-hybridized carbons (Fsp3) is 0.200. The van der Waals surface area contributed by atoms with Crippen molar-refractivity contribution in [2.24, 2.45) is 0 Å². The number of fused-ring (bicyclic) bond motifs is 1. The maximum absolute atomic E-state index is 12.7. The van der Waals surface area contributed by atoms with Crippen LogP contribution in [-0.2, 0) is 6.42 Å². The van der Waals surface area contributed by atoms with Crippen molar-refractivity contribution in [2.45, 2.75) is 26.3 Å². The zero-order valence-electron chi connectivity index (χ0n) is 14.6. The number of hydrogen-bond donors (Lipinski definition) is 1. The number of rotatable bonds is 5. The quantitative estimate of drug-likeness (QED) is 0.539. The van der Waals surface area contributed by atoms with Crippen LogP contribution in [0, 0.1) is 6.92 Å². The monoisotopic (exact) mass is 381 g/mol. The number of aromatic nitrogens is 2. The topological polar surface area (TPSA) is 46.9 Å². The van der Waals surface area contributed by atoms with E-state index in [2.05, 4.69) is 21.9 Å². The summed E-state index contributed by atoms with van der Waals surface area (Å²) >= 11 is 3.21. The maximum atomic E-state index is 12.7. The molecule has 26 heavy (non-hydrogen) atoms. The summed E-state index contributed by atoms with van der Waals surface area (Å²) < 4.78 is 1.92. The fourth-order valence-electron chi connectivity index (χ4n) is 2.98. The second-order valence-corrected chi connectivity index (χ2v) is 8.38. The molecule has 1 aromatic carbocycles. The first-order valence-electron chi connectivity index (χ1n) is 8.49. The van der Waals surface area contributed by atoms with E-state index < -0.39 is 0 Å². The summed E-state index contributed by atoms with van der Waals surface area (Å²) in [5.74, 6) is -0.0192. The summed E-state index contributed by atoms with van der Waals surface area (Å²) in [5, 5.41) is 10.8. The molecular formula is C20H19N3OS2. The average Bonchev–Trinajstić information content (AvgIpc) is 3.34. The van der Waals surface area contributed by atoms with Crippen molar-refractivity contribution in [2.75, 3.05) is 0 Å². The Balaban J connectivity index is 1.58. The molecule has 1 atom stereocenters. The predicted molar refractivity (Wildman–Crippen MR) is 109 cm³/mol. The van der Waals surface area contributed by atoms with Crippen LogP contribution in [0.1, 0.15) is 27.2 Å².